The van der Waals surface area contributed by atoms with Crippen LogP contribution in [-0.4, -0.2) is 29.5 Å². The maximum Gasteiger partial charge on any atom is 0.321 e. The molecule has 3 N–H and O–H groups in total. The highest BCUT2D eigenvalue weighted by Gasteiger charge is 2.08. The van der Waals surface area contributed by atoms with E-state index < -0.39 is 0 Å². The molecule has 1 aromatic carbocycles. The minimum Gasteiger partial charge on any atom is -0.393 e. The Morgan fingerprint density at radius 1 is 1.53 bits per heavy atom. The van der Waals surface area contributed by atoms with Gasteiger partial charge in [-0.05, 0) is 24.6 Å². The Hall–Kier alpha value is -1.62. The van der Waals surface area contributed by atoms with Gasteiger partial charge in [0.1, 0.15) is 0 Å². The largest absolute Gasteiger partial charge is 0.393 e. The number of hydrogen-bond acceptors (Lipinski definition) is 2. The smallest absolute Gasteiger partial charge is 0.321 e. The van der Waals surface area contributed by atoms with E-state index in [0.29, 0.717) is 18.0 Å². The fourth-order valence-corrected chi connectivity index (χ4v) is 1.41. The van der Waals surface area contributed by atoms with E-state index in [9.17, 15) is 4.79 Å². The molecule has 17 heavy (non-hydrogen) atoms. The van der Waals surface area contributed by atoms with Crippen LogP contribution >= 0.6 is 12.2 Å². The number of aryl methyl sites for hydroxylation is 1. The summed E-state index contributed by atoms with van der Waals surface area (Å²) < 4.78 is 0. The van der Waals surface area contributed by atoms with Crippen molar-refractivity contribution in [1.29, 1.82) is 0 Å². The number of amides is 2. The van der Waals surface area contributed by atoms with Crippen molar-refractivity contribution in [2.75, 3.05) is 18.9 Å². The highest BCUT2D eigenvalue weighted by molar-refractivity contribution is 7.80. The molecular weight excluding hydrogens is 234 g/mol. The van der Waals surface area contributed by atoms with Crippen LogP contribution < -0.4 is 11.1 Å². The molecule has 4 nitrogen and oxygen atoms in total. The second kappa shape index (κ2) is 6.20. The molecule has 0 saturated heterocycles. The first-order valence-electron chi connectivity index (χ1n) is 5.36. The van der Waals surface area contributed by atoms with Crippen LogP contribution in [0.15, 0.2) is 24.3 Å². The lowest BCUT2D eigenvalue weighted by Gasteiger charge is -2.17. The molecule has 0 bridgehead atoms. The van der Waals surface area contributed by atoms with E-state index in [1.807, 2.05) is 31.2 Å². The molecule has 1 rings (SSSR count). The number of nitrogens with zero attached hydrogens (tertiary/aromatic N) is 1. The van der Waals surface area contributed by atoms with Crippen LogP contribution in [0.1, 0.15) is 12.0 Å². The van der Waals surface area contributed by atoms with Crippen molar-refractivity contribution >= 4 is 28.9 Å². The zero-order chi connectivity index (χ0) is 12.8. The predicted molar refractivity (Wildman–Crippen MR) is 74.2 cm³/mol. The number of benzene rings is 1. The molecule has 2 amide bonds. The van der Waals surface area contributed by atoms with Gasteiger partial charge in [0.2, 0.25) is 0 Å². The summed E-state index contributed by atoms with van der Waals surface area (Å²) in [6, 6.07) is 7.49. The highest BCUT2D eigenvalue weighted by atomic mass is 32.1. The quantitative estimate of drug-likeness (QED) is 0.806. The summed E-state index contributed by atoms with van der Waals surface area (Å²) in [7, 11) is 1.71. The third kappa shape index (κ3) is 4.82. The Morgan fingerprint density at radius 3 is 2.82 bits per heavy atom. The number of hydrogen-bond donors (Lipinski definition) is 2. The Bertz CT molecular complexity index is 420. The van der Waals surface area contributed by atoms with Crippen molar-refractivity contribution in [3.05, 3.63) is 29.8 Å². The summed E-state index contributed by atoms with van der Waals surface area (Å²) in [5, 5.41) is 2.81. The molecule has 0 heterocycles. The standard InChI is InChI=1S/C12H17N3OS/c1-9-4-3-5-10(8-9)14-12(16)15(2)7-6-11(13)17/h3-5,8H,6-7H2,1-2H3,(H2,13,17)(H,14,16). The molecule has 0 atom stereocenters. The molecule has 0 aliphatic carbocycles. The maximum atomic E-state index is 11.8. The number of anilines is 1. The summed E-state index contributed by atoms with van der Waals surface area (Å²) in [6.45, 7) is 2.50. The van der Waals surface area contributed by atoms with E-state index in [2.05, 4.69) is 5.32 Å². The summed E-state index contributed by atoms with van der Waals surface area (Å²) in [4.78, 5) is 13.7. The number of nitrogens with one attached hydrogen (secondary N) is 1. The van der Waals surface area contributed by atoms with Gasteiger partial charge in [0.05, 0.1) is 4.99 Å². The normalized spacial score (nSPS) is 9.76. The lowest BCUT2D eigenvalue weighted by Crippen LogP contribution is -2.33. The Labute approximate surface area is 107 Å². The zero-order valence-electron chi connectivity index (χ0n) is 10.1. The van der Waals surface area contributed by atoms with Gasteiger partial charge in [0.15, 0.2) is 0 Å². The molecule has 0 spiro atoms. The van der Waals surface area contributed by atoms with E-state index in [-0.39, 0.29) is 6.03 Å². The first-order valence-corrected chi connectivity index (χ1v) is 5.77. The van der Waals surface area contributed by atoms with Crippen LogP contribution in [0.3, 0.4) is 0 Å². The minimum absolute atomic E-state index is 0.160. The fourth-order valence-electron chi connectivity index (χ4n) is 1.32. The molecule has 0 fully saturated rings. The second-order valence-electron chi connectivity index (χ2n) is 3.94. The SMILES string of the molecule is Cc1cccc(NC(=O)N(C)CCC(N)=S)c1. The van der Waals surface area contributed by atoms with Crippen LogP contribution in [0.5, 0.6) is 0 Å². The van der Waals surface area contributed by atoms with Gasteiger partial charge in [-0.25, -0.2) is 4.79 Å². The van der Waals surface area contributed by atoms with Crippen LogP contribution in [0.2, 0.25) is 0 Å². The van der Waals surface area contributed by atoms with Crippen LogP contribution in [0.25, 0.3) is 0 Å². The van der Waals surface area contributed by atoms with E-state index in [1.54, 1.807) is 11.9 Å². The van der Waals surface area contributed by atoms with E-state index in [0.717, 1.165) is 11.3 Å². The number of nitrogens with two attached hydrogens (primary N) is 1. The minimum atomic E-state index is -0.160. The molecular formula is C12H17N3OS. The van der Waals surface area contributed by atoms with Gasteiger partial charge >= 0.3 is 6.03 Å². The lowest BCUT2D eigenvalue weighted by molar-refractivity contribution is 0.223. The monoisotopic (exact) mass is 251 g/mol. The first-order chi connectivity index (χ1) is 7.99. The molecule has 0 radical (unpaired) electrons. The molecule has 0 aliphatic rings. The number of rotatable bonds is 4. The predicted octanol–water partition coefficient (Wildman–Crippen LogP) is 2.13. The number of carbonyl (C=O) groups excluding carboxylic acids is 1. The Kier molecular flexibility index (Phi) is 4.90. The zero-order valence-corrected chi connectivity index (χ0v) is 10.9. The molecule has 0 aliphatic heterocycles. The maximum absolute atomic E-state index is 11.8. The van der Waals surface area contributed by atoms with Crippen molar-refractivity contribution in [1.82, 2.24) is 4.90 Å². The summed E-state index contributed by atoms with van der Waals surface area (Å²) in [5.74, 6) is 0. The van der Waals surface area contributed by atoms with Crippen molar-refractivity contribution in [2.24, 2.45) is 5.73 Å². The van der Waals surface area contributed by atoms with E-state index in [4.69, 9.17) is 18.0 Å². The average Bonchev–Trinajstić information content (AvgIpc) is 2.25. The van der Waals surface area contributed by atoms with Gasteiger partial charge in [-0.1, -0.05) is 24.4 Å². The van der Waals surface area contributed by atoms with Crippen LogP contribution in [0, 0.1) is 6.92 Å². The molecule has 0 saturated carbocycles. The second-order valence-corrected chi connectivity index (χ2v) is 4.46. The van der Waals surface area contributed by atoms with Gasteiger partial charge in [-0.2, -0.15) is 0 Å². The number of thiocarbonyl (C=S) groups is 1. The van der Waals surface area contributed by atoms with E-state index >= 15 is 0 Å². The molecule has 0 aromatic heterocycles. The number of carbonyl (C=O) groups is 1. The van der Waals surface area contributed by atoms with Crippen molar-refractivity contribution < 1.29 is 4.79 Å². The molecule has 92 valence electrons. The molecule has 5 heteroatoms. The Balaban J connectivity index is 2.51. The Morgan fingerprint density at radius 2 is 2.24 bits per heavy atom. The molecule has 0 unspecified atom stereocenters. The highest BCUT2D eigenvalue weighted by Crippen LogP contribution is 2.10. The van der Waals surface area contributed by atoms with Crippen molar-refractivity contribution in [2.45, 2.75) is 13.3 Å². The molecule has 1 aromatic rings. The summed E-state index contributed by atoms with van der Waals surface area (Å²) in [6.07, 6.45) is 0.535. The summed E-state index contributed by atoms with van der Waals surface area (Å²) >= 11 is 4.77. The fraction of sp³-hybridized carbons (Fsp3) is 0.333. The van der Waals surface area contributed by atoms with Gasteiger partial charge in [0, 0.05) is 25.7 Å². The lowest BCUT2D eigenvalue weighted by atomic mass is 10.2. The van der Waals surface area contributed by atoms with Gasteiger partial charge in [0.25, 0.3) is 0 Å². The van der Waals surface area contributed by atoms with Gasteiger partial charge in [-0.15, -0.1) is 0 Å². The third-order valence-corrected chi connectivity index (χ3v) is 2.51. The topological polar surface area (TPSA) is 58.4 Å². The van der Waals surface area contributed by atoms with Crippen LogP contribution in [-0.2, 0) is 0 Å². The third-order valence-electron chi connectivity index (χ3n) is 2.31. The van der Waals surface area contributed by atoms with Crippen LogP contribution in [0.4, 0.5) is 10.5 Å². The van der Waals surface area contributed by atoms with Gasteiger partial charge < -0.3 is 16.0 Å². The van der Waals surface area contributed by atoms with Gasteiger partial charge in [-0.3, -0.25) is 0 Å². The van der Waals surface area contributed by atoms with Crippen molar-refractivity contribution in [3.63, 3.8) is 0 Å². The van der Waals surface area contributed by atoms with E-state index in [1.165, 1.54) is 0 Å². The average molecular weight is 251 g/mol. The number of urea groups is 1. The van der Waals surface area contributed by atoms with Crippen molar-refractivity contribution in [3.8, 4) is 0 Å². The summed E-state index contributed by atoms with van der Waals surface area (Å²) in [5.41, 5.74) is 7.28. The first kappa shape index (κ1) is 13.4.